The second-order valence-corrected chi connectivity index (χ2v) is 18.7. The zero-order valence-electron chi connectivity index (χ0n) is 27.1. The van der Waals surface area contributed by atoms with Gasteiger partial charge in [0.05, 0.1) is 25.6 Å². The summed E-state index contributed by atoms with van der Waals surface area (Å²) in [5.74, 6) is -0.726. The number of aromatic nitrogens is 6. The third kappa shape index (κ3) is 8.78. The largest absolute Gasteiger partial charge is 0.474 e. The van der Waals surface area contributed by atoms with Crippen LogP contribution in [-0.4, -0.2) is 97.8 Å². The fourth-order valence-electron chi connectivity index (χ4n) is 6.22. The van der Waals surface area contributed by atoms with Gasteiger partial charge in [-0.1, -0.05) is 38.3 Å². The molecule has 2 bridgehead atoms. The monoisotopic (exact) mass is 776 g/mol. The van der Waals surface area contributed by atoms with Gasteiger partial charge in [-0.05, 0) is 18.9 Å². The summed E-state index contributed by atoms with van der Waals surface area (Å²) < 4.78 is 63.3. The lowest BCUT2D eigenvalue weighted by molar-refractivity contribution is -0.118. The number of thiol groups is 2. The van der Waals surface area contributed by atoms with E-state index in [0.717, 1.165) is 0 Å². The minimum atomic E-state index is -4.24. The van der Waals surface area contributed by atoms with Gasteiger partial charge in [-0.15, -0.1) is 0 Å². The maximum Gasteiger partial charge on any atom is 0.386 e. The highest BCUT2D eigenvalue weighted by atomic mass is 32.7. The Morgan fingerprint density at radius 2 is 1.92 bits per heavy atom. The van der Waals surface area contributed by atoms with Gasteiger partial charge in [0.25, 0.3) is 5.56 Å². The molecule has 50 heavy (non-hydrogen) atoms. The number of aliphatic hydroxyl groups excluding tert-OH is 1. The first kappa shape index (κ1) is 37.3. The van der Waals surface area contributed by atoms with Crippen molar-refractivity contribution in [3.05, 3.63) is 35.3 Å². The number of amides is 1. The third-order valence-corrected chi connectivity index (χ3v) is 11.6. The highest BCUT2D eigenvalue weighted by molar-refractivity contribution is 8.44. The van der Waals surface area contributed by atoms with Crippen molar-refractivity contribution < 1.29 is 46.6 Å². The number of nitrogens with zero attached hydrogens (tertiary/aromatic N) is 5. The zero-order chi connectivity index (χ0) is 35.8. The summed E-state index contributed by atoms with van der Waals surface area (Å²) >= 11 is 8.34. The molecule has 3 aromatic heterocycles. The van der Waals surface area contributed by atoms with E-state index in [0.29, 0.717) is 18.8 Å². The summed E-state index contributed by atoms with van der Waals surface area (Å²) in [6.45, 7) is -4.64. The summed E-state index contributed by atoms with van der Waals surface area (Å²) in [6, 6.07) is 1.59. The van der Waals surface area contributed by atoms with Crippen LogP contribution in [0.4, 0.5) is 5.95 Å². The van der Waals surface area contributed by atoms with Crippen LogP contribution in [0.2, 0.25) is 0 Å². The molecule has 9 atom stereocenters. The summed E-state index contributed by atoms with van der Waals surface area (Å²) in [5, 5.41) is 17.0. The number of H-pyrrole nitrogens is 1. The number of hydrogen-bond donors (Lipinski definition) is 6. The van der Waals surface area contributed by atoms with Crippen LogP contribution in [0.3, 0.4) is 0 Å². The van der Waals surface area contributed by atoms with Crippen LogP contribution in [0.1, 0.15) is 39.3 Å². The minimum Gasteiger partial charge on any atom is -0.474 e. The van der Waals surface area contributed by atoms with Crippen LogP contribution in [0.15, 0.2) is 29.7 Å². The molecule has 0 aromatic carbocycles. The number of nitrogens with one attached hydrogen (secondary N) is 3. The molecule has 2 aliphatic heterocycles. The molecule has 3 fully saturated rings. The molecule has 1 unspecified atom stereocenters. The topological polar surface area (TPSA) is 240 Å². The van der Waals surface area contributed by atoms with Crippen molar-refractivity contribution in [3.63, 3.8) is 0 Å². The van der Waals surface area contributed by atoms with Gasteiger partial charge in [-0.25, -0.2) is 24.1 Å². The normalized spacial score (nSPS) is 33.6. The SMILES string of the molecule is CNCC(C)(C)CC(=O)Nc1nc2c(ncn2[C@@H]2OC3CO[P@@](=O)(S)O[C@H]4C[C@H](Oc5ccncn5)C[C@@H]4CO[P@@](=O)(S)O[C@@H]2[C@@H]3O)c(=O)[nH]1. The van der Waals surface area contributed by atoms with Gasteiger partial charge in [-0.3, -0.25) is 38.0 Å². The molecule has 1 aliphatic carbocycles. The second-order valence-electron chi connectivity index (χ2n) is 13.0. The Bertz CT molecular complexity index is 1850. The molecule has 5 heterocycles. The lowest BCUT2D eigenvalue weighted by atomic mass is 9.89. The van der Waals surface area contributed by atoms with Crippen LogP contribution in [0.25, 0.3) is 11.2 Å². The number of aromatic amines is 1. The van der Waals surface area contributed by atoms with Gasteiger partial charge < -0.3 is 24.4 Å². The molecule has 3 aliphatic rings. The molecule has 4 N–H and O–H groups in total. The van der Waals surface area contributed by atoms with Crippen molar-refractivity contribution in [3.8, 4) is 5.88 Å². The summed E-state index contributed by atoms with van der Waals surface area (Å²) in [5.41, 5.74) is -1.22. The number of rotatable bonds is 8. The van der Waals surface area contributed by atoms with E-state index in [-0.39, 0.29) is 36.6 Å². The number of fused-ring (bicyclic) bond motifs is 4. The molecule has 1 saturated carbocycles. The third-order valence-electron chi connectivity index (χ3n) is 8.38. The van der Waals surface area contributed by atoms with Gasteiger partial charge in [0, 0.05) is 37.6 Å². The van der Waals surface area contributed by atoms with Crippen LogP contribution >= 0.6 is 38.1 Å². The number of hydrogen-bond acceptors (Lipinski definition) is 16. The van der Waals surface area contributed by atoms with Crippen LogP contribution in [0, 0.1) is 11.3 Å². The van der Waals surface area contributed by atoms with Crippen LogP contribution in [-0.2, 0) is 36.8 Å². The van der Waals surface area contributed by atoms with E-state index in [4.69, 9.17) is 27.6 Å². The van der Waals surface area contributed by atoms with Crippen LogP contribution in [0.5, 0.6) is 5.88 Å². The Kier molecular flexibility index (Phi) is 11.1. The predicted octanol–water partition coefficient (Wildman–Crippen LogP) is 2.49. The number of carbonyl (C=O) groups excluding carboxylic acids is 1. The van der Waals surface area contributed by atoms with E-state index in [9.17, 15) is 23.8 Å². The second kappa shape index (κ2) is 14.9. The standard InChI is InChI=1S/C27H38N8O11P2S2/c1-27(2,11-28-3)8-18(36)32-26-33-23-20(24(38)34-26)31-13-35(23)25-22-21(37)17(44-25)10-42-47(39,49)45-16-7-15(43-19-4-5-29-12-30-19)6-14(16)9-41-48(40,50)46-22/h4-5,12-17,21-22,25,28,37H,6-11H2,1-3H3,(H,39,49)(H,40,50)(H2,32,33,34,36,38)/t14-,15-,16+,17?,21-,22-,25-,47-,48-/m1/s1. The summed E-state index contributed by atoms with van der Waals surface area (Å²) in [7, 11) is 1.78. The summed E-state index contributed by atoms with van der Waals surface area (Å²) in [4.78, 5) is 44.7. The zero-order valence-corrected chi connectivity index (χ0v) is 30.7. The Labute approximate surface area is 296 Å². The van der Waals surface area contributed by atoms with Crippen molar-refractivity contribution in [2.45, 2.75) is 69.9 Å². The van der Waals surface area contributed by atoms with Gasteiger partial charge in [0.15, 0.2) is 17.4 Å². The maximum absolute atomic E-state index is 13.7. The molecule has 2 saturated heterocycles. The number of carbonyl (C=O) groups is 1. The highest BCUT2D eigenvalue weighted by Crippen LogP contribution is 2.60. The minimum absolute atomic E-state index is 0.0475. The first-order valence-electron chi connectivity index (χ1n) is 15.6. The molecule has 1 amide bonds. The molecular weight excluding hydrogens is 738 g/mol. The predicted molar refractivity (Wildman–Crippen MR) is 183 cm³/mol. The lowest BCUT2D eigenvalue weighted by Gasteiger charge is -2.26. The molecule has 0 radical (unpaired) electrons. The fraction of sp³-hybridized carbons (Fsp3) is 0.630. The van der Waals surface area contributed by atoms with Crippen molar-refractivity contribution in [1.29, 1.82) is 0 Å². The average Bonchev–Trinajstić information content (AvgIpc) is 3.70. The number of ether oxygens (including phenoxy) is 2. The first-order chi connectivity index (χ1) is 23.6. The van der Waals surface area contributed by atoms with Crippen LogP contribution < -0.4 is 20.9 Å². The van der Waals surface area contributed by atoms with Crippen molar-refractivity contribution in [1.82, 2.24) is 34.8 Å². The highest BCUT2D eigenvalue weighted by Gasteiger charge is 2.51. The average molecular weight is 777 g/mol. The Morgan fingerprint density at radius 3 is 2.66 bits per heavy atom. The van der Waals surface area contributed by atoms with E-state index >= 15 is 0 Å². The Balaban J connectivity index is 1.25. The van der Waals surface area contributed by atoms with E-state index in [1.54, 1.807) is 13.1 Å². The quantitative estimate of drug-likeness (QED) is 0.142. The molecule has 19 nitrogen and oxygen atoms in total. The molecular formula is C27H38N8O11P2S2. The Morgan fingerprint density at radius 1 is 1.16 bits per heavy atom. The molecule has 0 spiro atoms. The van der Waals surface area contributed by atoms with E-state index in [1.165, 1.54) is 23.4 Å². The van der Waals surface area contributed by atoms with Gasteiger partial charge >= 0.3 is 13.6 Å². The number of aliphatic hydroxyl groups is 1. The van der Waals surface area contributed by atoms with Crippen molar-refractivity contribution >= 4 is 61.1 Å². The smallest absolute Gasteiger partial charge is 0.386 e. The Hall–Kier alpha value is -2.42. The van der Waals surface area contributed by atoms with Crippen molar-refractivity contribution in [2.24, 2.45) is 11.3 Å². The lowest BCUT2D eigenvalue weighted by Crippen LogP contribution is -2.35. The van der Waals surface area contributed by atoms with Gasteiger partial charge in [0.2, 0.25) is 17.7 Å². The molecule has 6 rings (SSSR count). The number of imidazole rings is 1. The van der Waals surface area contributed by atoms with E-state index < -0.39 is 79.7 Å². The van der Waals surface area contributed by atoms with E-state index in [2.05, 4.69) is 60.1 Å². The fourth-order valence-corrected chi connectivity index (χ4v) is 9.28. The molecule has 3 aromatic rings. The van der Waals surface area contributed by atoms with Gasteiger partial charge in [-0.2, -0.15) is 4.98 Å². The molecule has 23 heteroatoms. The first-order valence-corrected chi connectivity index (χ1v) is 21.0. The van der Waals surface area contributed by atoms with E-state index in [1.807, 2.05) is 13.8 Å². The van der Waals surface area contributed by atoms with Gasteiger partial charge in [0.1, 0.15) is 30.7 Å². The maximum atomic E-state index is 13.7. The molecule has 274 valence electrons. The summed E-state index contributed by atoms with van der Waals surface area (Å²) in [6.07, 6.45) is -1.94. The number of anilines is 1. The van der Waals surface area contributed by atoms with Crippen molar-refractivity contribution in [2.75, 3.05) is 32.1 Å².